The number of rotatable bonds is 0. The first-order valence-electron chi connectivity index (χ1n) is 3.81. The smallest absolute Gasteiger partial charge is 0.0351 e. The van der Waals surface area contributed by atoms with E-state index in [-0.39, 0.29) is 0 Å². The molecular weight excluding hydrogens is 112 g/mol. The van der Waals surface area contributed by atoms with E-state index >= 15 is 0 Å². The topological polar surface area (TPSA) is 15.3 Å². The summed E-state index contributed by atoms with van der Waals surface area (Å²) in [7, 11) is 2.22. The van der Waals surface area contributed by atoms with Gasteiger partial charge in [0.2, 0.25) is 0 Å². The van der Waals surface area contributed by atoms with Crippen LogP contribution in [-0.2, 0) is 0 Å². The van der Waals surface area contributed by atoms with Gasteiger partial charge in [-0.15, -0.1) is 0 Å². The minimum absolute atomic E-state index is 0.837. The molecule has 0 radical (unpaired) electrons. The van der Waals surface area contributed by atoms with Crippen LogP contribution in [0.15, 0.2) is 0 Å². The molecule has 2 heteroatoms. The predicted octanol–water partition coefficient (Wildman–Crippen LogP) is 0.0524. The third-order valence-corrected chi connectivity index (χ3v) is 2.60. The van der Waals surface area contributed by atoms with E-state index in [1.165, 1.54) is 25.9 Å². The third kappa shape index (κ3) is 0.775. The Hall–Kier alpha value is -0.0800. The lowest BCUT2D eigenvalue weighted by Gasteiger charge is -2.49. The summed E-state index contributed by atoms with van der Waals surface area (Å²) >= 11 is 0. The zero-order chi connectivity index (χ0) is 6.27. The maximum absolute atomic E-state index is 3.51. The molecule has 2 atom stereocenters. The minimum atomic E-state index is 0.837. The number of fused-ring (bicyclic) bond motifs is 1. The molecule has 2 heterocycles. The van der Waals surface area contributed by atoms with Gasteiger partial charge < -0.3 is 10.2 Å². The second-order valence-electron chi connectivity index (χ2n) is 3.21. The SMILES string of the molecule is CN1CC2NCCCC21. The van der Waals surface area contributed by atoms with E-state index in [1.54, 1.807) is 0 Å². The van der Waals surface area contributed by atoms with Crippen LogP contribution < -0.4 is 5.32 Å². The van der Waals surface area contributed by atoms with Crippen LogP contribution in [0.1, 0.15) is 12.8 Å². The average Bonchev–Trinajstić information content (AvgIpc) is 1.86. The van der Waals surface area contributed by atoms with Crippen molar-refractivity contribution in [1.82, 2.24) is 10.2 Å². The van der Waals surface area contributed by atoms with Crippen LogP contribution in [0.2, 0.25) is 0 Å². The molecule has 2 nitrogen and oxygen atoms in total. The Morgan fingerprint density at radius 1 is 1.56 bits per heavy atom. The van der Waals surface area contributed by atoms with Crippen LogP contribution >= 0.6 is 0 Å². The Kier molecular flexibility index (Phi) is 1.24. The molecule has 0 bridgehead atoms. The lowest BCUT2D eigenvalue weighted by molar-refractivity contribution is 0.0447. The summed E-state index contributed by atoms with van der Waals surface area (Å²) in [6, 6.07) is 1.71. The van der Waals surface area contributed by atoms with Gasteiger partial charge in [-0.25, -0.2) is 0 Å². The molecule has 2 aliphatic heterocycles. The van der Waals surface area contributed by atoms with Crippen molar-refractivity contribution in [2.75, 3.05) is 20.1 Å². The lowest BCUT2D eigenvalue weighted by atomic mass is 9.90. The van der Waals surface area contributed by atoms with Crippen molar-refractivity contribution in [1.29, 1.82) is 0 Å². The van der Waals surface area contributed by atoms with Crippen molar-refractivity contribution in [2.24, 2.45) is 0 Å². The van der Waals surface area contributed by atoms with Crippen molar-refractivity contribution >= 4 is 0 Å². The summed E-state index contributed by atoms with van der Waals surface area (Å²) in [5, 5.41) is 3.51. The minimum Gasteiger partial charge on any atom is -0.311 e. The number of hydrogen-bond acceptors (Lipinski definition) is 2. The van der Waals surface area contributed by atoms with Crippen LogP contribution in [0.4, 0.5) is 0 Å². The molecule has 0 aliphatic carbocycles. The van der Waals surface area contributed by atoms with Gasteiger partial charge in [-0.2, -0.15) is 0 Å². The van der Waals surface area contributed by atoms with Crippen molar-refractivity contribution in [3.05, 3.63) is 0 Å². The van der Waals surface area contributed by atoms with Gasteiger partial charge in [0.1, 0.15) is 0 Å². The third-order valence-electron chi connectivity index (χ3n) is 2.60. The number of likely N-dealkylation sites (N-methyl/N-ethyl adjacent to an activating group) is 1. The molecule has 0 spiro atoms. The maximum atomic E-state index is 3.51. The molecule has 2 unspecified atom stereocenters. The van der Waals surface area contributed by atoms with Crippen LogP contribution in [0.5, 0.6) is 0 Å². The standard InChI is InChI=1S/C7H14N2/c1-9-5-6-7(9)3-2-4-8-6/h6-8H,2-5H2,1H3. The molecule has 9 heavy (non-hydrogen) atoms. The largest absolute Gasteiger partial charge is 0.311 e. The van der Waals surface area contributed by atoms with Crippen molar-refractivity contribution in [3.63, 3.8) is 0 Å². The van der Waals surface area contributed by atoms with Crippen LogP contribution in [0.3, 0.4) is 0 Å². The number of hydrogen-bond donors (Lipinski definition) is 1. The highest BCUT2D eigenvalue weighted by Gasteiger charge is 2.36. The zero-order valence-electron chi connectivity index (χ0n) is 5.93. The van der Waals surface area contributed by atoms with Crippen LogP contribution in [0, 0.1) is 0 Å². The fourth-order valence-corrected chi connectivity index (χ4v) is 1.96. The predicted molar refractivity (Wildman–Crippen MR) is 37.4 cm³/mol. The van der Waals surface area contributed by atoms with Gasteiger partial charge in [-0.05, 0) is 26.4 Å². The van der Waals surface area contributed by atoms with Gasteiger partial charge in [0.15, 0.2) is 0 Å². The first kappa shape index (κ1) is 5.69. The Morgan fingerprint density at radius 2 is 2.44 bits per heavy atom. The first-order chi connectivity index (χ1) is 4.38. The molecule has 0 amide bonds. The van der Waals surface area contributed by atoms with Crippen molar-refractivity contribution in [3.8, 4) is 0 Å². The van der Waals surface area contributed by atoms with Gasteiger partial charge in [-0.1, -0.05) is 0 Å². The summed E-state index contributed by atoms with van der Waals surface area (Å²) in [5.41, 5.74) is 0. The van der Waals surface area contributed by atoms with E-state index in [1.807, 2.05) is 0 Å². The van der Waals surface area contributed by atoms with E-state index in [0.29, 0.717) is 0 Å². The Balaban J connectivity index is 1.94. The summed E-state index contributed by atoms with van der Waals surface area (Å²) in [4.78, 5) is 2.44. The van der Waals surface area contributed by atoms with Gasteiger partial charge in [0.05, 0.1) is 0 Å². The van der Waals surface area contributed by atoms with E-state index in [2.05, 4.69) is 17.3 Å². The molecule has 2 rings (SSSR count). The van der Waals surface area contributed by atoms with E-state index in [0.717, 1.165) is 12.1 Å². The number of nitrogens with zero attached hydrogens (tertiary/aromatic N) is 1. The molecule has 0 aromatic heterocycles. The summed E-state index contributed by atoms with van der Waals surface area (Å²) < 4.78 is 0. The zero-order valence-corrected chi connectivity index (χ0v) is 5.93. The van der Waals surface area contributed by atoms with E-state index in [9.17, 15) is 0 Å². The number of likely N-dealkylation sites (tertiary alicyclic amines) is 1. The summed E-state index contributed by atoms with van der Waals surface area (Å²) in [5.74, 6) is 0. The van der Waals surface area contributed by atoms with Gasteiger partial charge >= 0.3 is 0 Å². The monoisotopic (exact) mass is 126 g/mol. The van der Waals surface area contributed by atoms with Gasteiger partial charge in [0, 0.05) is 18.6 Å². The summed E-state index contributed by atoms with van der Waals surface area (Å²) in [6.07, 6.45) is 2.78. The maximum Gasteiger partial charge on any atom is 0.0351 e. The lowest BCUT2D eigenvalue weighted by Crippen LogP contribution is -2.66. The highest BCUT2D eigenvalue weighted by atomic mass is 15.3. The summed E-state index contributed by atoms with van der Waals surface area (Å²) in [6.45, 7) is 2.51. The quantitative estimate of drug-likeness (QED) is 0.493. The Labute approximate surface area is 56.2 Å². The first-order valence-corrected chi connectivity index (χ1v) is 3.81. The second kappa shape index (κ2) is 1.96. The van der Waals surface area contributed by atoms with Gasteiger partial charge in [-0.3, -0.25) is 0 Å². The number of nitrogens with one attached hydrogen (secondary N) is 1. The highest BCUT2D eigenvalue weighted by molar-refractivity contribution is 4.97. The second-order valence-corrected chi connectivity index (χ2v) is 3.21. The average molecular weight is 126 g/mol. The molecule has 2 saturated heterocycles. The molecule has 0 aromatic rings. The van der Waals surface area contributed by atoms with Gasteiger partial charge in [0.25, 0.3) is 0 Å². The van der Waals surface area contributed by atoms with E-state index in [4.69, 9.17) is 0 Å². The molecule has 2 fully saturated rings. The van der Waals surface area contributed by atoms with Crippen molar-refractivity contribution in [2.45, 2.75) is 24.9 Å². The van der Waals surface area contributed by atoms with Crippen LogP contribution in [0.25, 0.3) is 0 Å². The molecular formula is C7H14N2. The molecule has 0 aromatic carbocycles. The van der Waals surface area contributed by atoms with E-state index < -0.39 is 0 Å². The molecule has 1 N–H and O–H groups in total. The van der Waals surface area contributed by atoms with Crippen molar-refractivity contribution < 1.29 is 0 Å². The van der Waals surface area contributed by atoms with Crippen LogP contribution in [-0.4, -0.2) is 37.1 Å². The molecule has 2 aliphatic rings. The fraction of sp³-hybridized carbons (Fsp3) is 1.00. The Bertz CT molecular complexity index is 111. The molecule has 52 valence electrons. The Morgan fingerprint density at radius 3 is 3.00 bits per heavy atom. The normalized spacial score (nSPS) is 43.7. The fourth-order valence-electron chi connectivity index (χ4n) is 1.96. The number of piperidine rings is 1. The molecule has 0 saturated carbocycles. The highest BCUT2D eigenvalue weighted by Crippen LogP contribution is 2.23.